The van der Waals surface area contributed by atoms with Crippen molar-refractivity contribution in [3.63, 3.8) is 0 Å². The van der Waals surface area contributed by atoms with Gasteiger partial charge in [0.05, 0.1) is 30.1 Å². The highest BCUT2D eigenvalue weighted by Crippen LogP contribution is 2.35. The van der Waals surface area contributed by atoms with Crippen molar-refractivity contribution in [1.29, 1.82) is 0 Å². The van der Waals surface area contributed by atoms with Crippen LogP contribution in [0, 0.1) is 16.0 Å². The van der Waals surface area contributed by atoms with E-state index in [-0.39, 0.29) is 16.6 Å². The summed E-state index contributed by atoms with van der Waals surface area (Å²) in [5, 5.41) is 11.3. The number of nitro groups is 1. The maximum atomic E-state index is 13.0. The van der Waals surface area contributed by atoms with Gasteiger partial charge in [0.15, 0.2) is 17.2 Å². The maximum Gasteiger partial charge on any atom is 0.312 e. The van der Waals surface area contributed by atoms with Crippen LogP contribution in [-0.4, -0.2) is 33.7 Å². The molecule has 162 valence electrons. The topological polar surface area (TPSA) is 117 Å². The molecule has 0 unspecified atom stereocenters. The second-order valence-electron chi connectivity index (χ2n) is 7.19. The van der Waals surface area contributed by atoms with Gasteiger partial charge in [0.1, 0.15) is 0 Å². The average molecular weight is 436 g/mol. The van der Waals surface area contributed by atoms with Crippen LogP contribution in [0.15, 0.2) is 41.3 Å². The number of methoxy groups -OCH3 is 1. The second-order valence-corrected chi connectivity index (χ2v) is 8.90. The van der Waals surface area contributed by atoms with Crippen LogP contribution in [0.1, 0.15) is 31.9 Å². The molecule has 2 aromatic carbocycles. The lowest BCUT2D eigenvalue weighted by atomic mass is 9.97. The molecule has 0 fully saturated rings. The minimum atomic E-state index is -4.04. The quantitative estimate of drug-likeness (QED) is 0.522. The van der Waals surface area contributed by atoms with Crippen LogP contribution in [0.2, 0.25) is 0 Å². The number of nitro benzene ring substituents is 1. The number of benzene rings is 2. The zero-order chi connectivity index (χ0) is 21.9. The fraction of sp³-hybridized carbons (Fsp3) is 0.400. The van der Waals surface area contributed by atoms with Crippen molar-refractivity contribution < 1.29 is 27.6 Å². The summed E-state index contributed by atoms with van der Waals surface area (Å²) >= 11 is 0. The third-order valence-corrected chi connectivity index (χ3v) is 6.18. The third kappa shape index (κ3) is 4.65. The van der Waals surface area contributed by atoms with E-state index in [1.165, 1.54) is 19.2 Å². The van der Waals surface area contributed by atoms with Crippen LogP contribution in [-0.2, 0) is 10.0 Å². The van der Waals surface area contributed by atoms with E-state index in [0.29, 0.717) is 30.3 Å². The standard InChI is InChI=1S/C20H24N2O7S/c1-13(2)20(14-5-7-18-19(11-14)29-10-4-9-28-18)21-30(25,26)15-6-8-17(27-3)16(12-15)22(23)24/h5-8,11-13,20-21H,4,9-10H2,1-3H3/t20-/m0/s1. The van der Waals surface area contributed by atoms with E-state index in [1.807, 2.05) is 13.8 Å². The Balaban J connectivity index is 1.94. The Morgan fingerprint density at radius 3 is 2.43 bits per heavy atom. The Bertz CT molecular complexity index is 1040. The van der Waals surface area contributed by atoms with E-state index in [1.54, 1.807) is 18.2 Å². The van der Waals surface area contributed by atoms with E-state index in [0.717, 1.165) is 12.5 Å². The summed E-state index contributed by atoms with van der Waals surface area (Å²) in [7, 11) is -2.76. The summed E-state index contributed by atoms with van der Waals surface area (Å²) in [6.07, 6.45) is 0.764. The molecule has 1 N–H and O–H groups in total. The Kier molecular flexibility index (Phi) is 6.47. The molecular weight excluding hydrogens is 412 g/mol. The number of hydrogen-bond donors (Lipinski definition) is 1. The Morgan fingerprint density at radius 1 is 1.10 bits per heavy atom. The van der Waals surface area contributed by atoms with Gasteiger partial charge >= 0.3 is 5.69 Å². The Hall–Kier alpha value is -2.85. The number of nitrogens with one attached hydrogen (secondary N) is 1. The minimum Gasteiger partial charge on any atom is -0.490 e. The summed E-state index contributed by atoms with van der Waals surface area (Å²) in [6.45, 7) is 4.84. The van der Waals surface area contributed by atoms with Crippen LogP contribution in [0.5, 0.6) is 17.2 Å². The van der Waals surface area contributed by atoms with E-state index in [9.17, 15) is 18.5 Å². The molecule has 1 heterocycles. The molecule has 0 saturated heterocycles. The number of nitrogens with zero attached hydrogens (tertiary/aromatic N) is 1. The maximum absolute atomic E-state index is 13.0. The van der Waals surface area contributed by atoms with Gasteiger partial charge in [0.25, 0.3) is 0 Å². The third-order valence-electron chi connectivity index (χ3n) is 4.74. The zero-order valence-corrected chi connectivity index (χ0v) is 17.8. The zero-order valence-electron chi connectivity index (χ0n) is 17.0. The molecule has 1 aliphatic rings. The molecule has 0 spiro atoms. The highest BCUT2D eigenvalue weighted by molar-refractivity contribution is 7.89. The van der Waals surface area contributed by atoms with Crippen LogP contribution in [0.25, 0.3) is 0 Å². The van der Waals surface area contributed by atoms with Crippen molar-refractivity contribution in [1.82, 2.24) is 4.72 Å². The average Bonchev–Trinajstić information content (AvgIpc) is 2.96. The highest BCUT2D eigenvalue weighted by Gasteiger charge is 2.27. The van der Waals surface area contributed by atoms with Gasteiger partial charge in [-0.1, -0.05) is 19.9 Å². The van der Waals surface area contributed by atoms with Crippen molar-refractivity contribution in [2.75, 3.05) is 20.3 Å². The number of sulfonamides is 1. The van der Waals surface area contributed by atoms with Crippen molar-refractivity contribution in [3.05, 3.63) is 52.1 Å². The molecule has 1 aliphatic heterocycles. The van der Waals surface area contributed by atoms with Crippen LogP contribution in [0.3, 0.4) is 0 Å². The molecule has 0 aromatic heterocycles. The normalized spacial score (nSPS) is 14.8. The van der Waals surface area contributed by atoms with Crippen LogP contribution >= 0.6 is 0 Å². The predicted octanol–water partition coefficient (Wildman–Crippen LogP) is 3.44. The first-order valence-corrected chi connectivity index (χ1v) is 11.0. The van der Waals surface area contributed by atoms with Crippen molar-refractivity contribution >= 4 is 15.7 Å². The minimum absolute atomic E-state index is 0.0118. The van der Waals surface area contributed by atoms with Gasteiger partial charge in [-0.25, -0.2) is 13.1 Å². The van der Waals surface area contributed by atoms with Gasteiger partial charge in [-0.3, -0.25) is 10.1 Å². The lowest BCUT2D eigenvalue weighted by Crippen LogP contribution is -2.32. The SMILES string of the molecule is COc1ccc(S(=O)(=O)N[C@H](c2ccc3c(c2)OCCCO3)C(C)C)cc1[N+](=O)[O-]. The number of fused-ring (bicyclic) bond motifs is 1. The molecule has 1 atom stereocenters. The predicted molar refractivity (Wildman–Crippen MR) is 110 cm³/mol. The summed E-state index contributed by atoms with van der Waals surface area (Å²) in [5.74, 6) is 1.07. The largest absolute Gasteiger partial charge is 0.490 e. The molecule has 0 bridgehead atoms. The van der Waals surface area contributed by atoms with Gasteiger partial charge in [0.2, 0.25) is 10.0 Å². The fourth-order valence-corrected chi connectivity index (χ4v) is 4.57. The summed E-state index contributed by atoms with van der Waals surface area (Å²) in [5.41, 5.74) is 0.290. The van der Waals surface area contributed by atoms with E-state index < -0.39 is 26.7 Å². The summed E-state index contributed by atoms with van der Waals surface area (Å²) < 4.78 is 45.0. The van der Waals surface area contributed by atoms with Crippen LogP contribution < -0.4 is 18.9 Å². The first-order chi connectivity index (χ1) is 14.2. The molecule has 0 saturated carbocycles. The van der Waals surface area contributed by atoms with Gasteiger partial charge in [0, 0.05) is 18.5 Å². The molecule has 0 radical (unpaired) electrons. The molecule has 3 rings (SSSR count). The lowest BCUT2D eigenvalue weighted by Gasteiger charge is -2.23. The van der Waals surface area contributed by atoms with Crippen molar-refractivity contribution in [2.24, 2.45) is 5.92 Å². The molecule has 9 nitrogen and oxygen atoms in total. The van der Waals surface area contributed by atoms with E-state index in [4.69, 9.17) is 14.2 Å². The molecule has 2 aromatic rings. The smallest absolute Gasteiger partial charge is 0.312 e. The summed E-state index contributed by atoms with van der Waals surface area (Å²) in [6, 6.07) is 8.28. The first kappa shape index (κ1) is 21.8. The van der Waals surface area contributed by atoms with Gasteiger partial charge in [-0.05, 0) is 35.7 Å². The molecule has 0 aliphatic carbocycles. The molecule has 10 heteroatoms. The first-order valence-electron chi connectivity index (χ1n) is 9.47. The molecular formula is C20H24N2O7S. The van der Waals surface area contributed by atoms with Gasteiger partial charge in [-0.2, -0.15) is 0 Å². The molecule has 30 heavy (non-hydrogen) atoms. The Labute approximate surface area is 175 Å². The number of ether oxygens (including phenoxy) is 3. The van der Waals surface area contributed by atoms with Gasteiger partial charge in [-0.15, -0.1) is 0 Å². The lowest BCUT2D eigenvalue weighted by molar-refractivity contribution is -0.386. The summed E-state index contributed by atoms with van der Waals surface area (Å²) in [4.78, 5) is 10.4. The van der Waals surface area contributed by atoms with E-state index in [2.05, 4.69) is 4.72 Å². The second kappa shape index (κ2) is 8.88. The van der Waals surface area contributed by atoms with Crippen LogP contribution in [0.4, 0.5) is 5.69 Å². The van der Waals surface area contributed by atoms with Gasteiger partial charge < -0.3 is 14.2 Å². The highest BCUT2D eigenvalue weighted by atomic mass is 32.2. The fourth-order valence-electron chi connectivity index (χ4n) is 3.18. The number of hydrogen-bond acceptors (Lipinski definition) is 7. The van der Waals surface area contributed by atoms with Crippen molar-refractivity contribution in [3.8, 4) is 17.2 Å². The number of rotatable bonds is 7. The van der Waals surface area contributed by atoms with Crippen molar-refractivity contribution in [2.45, 2.75) is 31.2 Å². The molecule has 0 amide bonds. The monoisotopic (exact) mass is 436 g/mol. The van der Waals surface area contributed by atoms with E-state index >= 15 is 0 Å². The Morgan fingerprint density at radius 2 is 1.80 bits per heavy atom.